The molecule has 1 aliphatic rings. The van der Waals surface area contributed by atoms with Crippen molar-refractivity contribution in [3.05, 3.63) is 16.5 Å². The maximum absolute atomic E-state index is 12.3. The fraction of sp³-hybridized carbons (Fsp3) is 0.727. The van der Waals surface area contributed by atoms with Crippen molar-refractivity contribution in [2.45, 2.75) is 50.5 Å². The predicted molar refractivity (Wildman–Crippen MR) is 54.3 cm³/mol. The second-order valence-electron chi connectivity index (χ2n) is 4.13. The Bertz CT molecular complexity index is 362. The minimum atomic E-state index is -5.09. The van der Waals surface area contributed by atoms with Gasteiger partial charge in [0.25, 0.3) is 6.04 Å². The maximum atomic E-state index is 12.3. The van der Waals surface area contributed by atoms with E-state index in [0.29, 0.717) is 12.8 Å². The van der Waals surface area contributed by atoms with Crippen LogP contribution in [0.1, 0.15) is 32.1 Å². The Morgan fingerprint density at radius 1 is 1.00 bits per heavy atom. The van der Waals surface area contributed by atoms with Gasteiger partial charge in [-0.05, 0) is 12.8 Å². The summed E-state index contributed by atoms with van der Waals surface area (Å²) in [5.74, 6) is 0. The van der Waals surface area contributed by atoms with Gasteiger partial charge >= 0.3 is 18.4 Å². The van der Waals surface area contributed by atoms with Crippen molar-refractivity contribution >= 4 is 0 Å². The summed E-state index contributed by atoms with van der Waals surface area (Å²) >= 11 is 0. The van der Waals surface area contributed by atoms with Crippen LogP contribution in [0.25, 0.3) is 4.85 Å². The third-order valence-corrected chi connectivity index (χ3v) is 2.56. The zero-order valence-corrected chi connectivity index (χ0v) is 9.41. The Kier molecular flexibility index (Phi) is 4.65. The first-order chi connectivity index (χ1) is 8.18. The highest BCUT2D eigenvalue weighted by Crippen LogP contribution is 2.30. The SMILES string of the molecule is FC(F)(F)C=C(C#[N+]C1CCCCC1)C(F)(F)F. The molecule has 18 heavy (non-hydrogen) atoms. The second kappa shape index (κ2) is 5.63. The highest BCUT2D eigenvalue weighted by molar-refractivity contribution is 5.31. The first-order valence-electron chi connectivity index (χ1n) is 5.51. The van der Waals surface area contributed by atoms with Gasteiger partial charge in [0.05, 0.1) is 0 Å². The molecule has 0 unspecified atom stereocenters. The van der Waals surface area contributed by atoms with Crippen molar-refractivity contribution in [1.29, 1.82) is 0 Å². The highest BCUT2D eigenvalue weighted by Gasteiger charge is 2.41. The summed E-state index contributed by atoms with van der Waals surface area (Å²) < 4.78 is 72.8. The van der Waals surface area contributed by atoms with Crippen molar-refractivity contribution in [2.24, 2.45) is 0 Å². The first kappa shape index (κ1) is 14.9. The first-order valence-corrected chi connectivity index (χ1v) is 5.51. The van der Waals surface area contributed by atoms with Crippen molar-refractivity contribution in [2.75, 3.05) is 0 Å². The van der Waals surface area contributed by atoms with Crippen molar-refractivity contribution in [1.82, 2.24) is 0 Å². The number of hydrogen-bond donors (Lipinski definition) is 0. The molecule has 0 atom stereocenters. The zero-order chi connectivity index (χ0) is 13.8. The normalized spacial score (nSPS) is 19.3. The van der Waals surface area contributed by atoms with E-state index in [1.807, 2.05) is 0 Å². The van der Waals surface area contributed by atoms with Gasteiger partial charge in [-0.2, -0.15) is 26.3 Å². The van der Waals surface area contributed by atoms with Crippen LogP contribution in [0.15, 0.2) is 11.6 Å². The van der Waals surface area contributed by atoms with Gasteiger partial charge in [-0.3, -0.25) is 0 Å². The minimum absolute atomic E-state index is 0.349. The molecule has 0 N–H and O–H groups in total. The van der Waals surface area contributed by atoms with Crippen molar-refractivity contribution in [3.63, 3.8) is 0 Å². The fourth-order valence-electron chi connectivity index (χ4n) is 1.71. The van der Waals surface area contributed by atoms with Crippen LogP contribution in [-0.4, -0.2) is 18.4 Å². The van der Waals surface area contributed by atoms with Crippen LogP contribution in [0.5, 0.6) is 0 Å². The van der Waals surface area contributed by atoms with Crippen LogP contribution in [-0.2, 0) is 0 Å². The summed E-state index contributed by atoms with van der Waals surface area (Å²) in [4.78, 5) is 3.50. The van der Waals surface area contributed by atoms with Gasteiger partial charge < -0.3 is 0 Å². The average Bonchev–Trinajstić information content (AvgIpc) is 2.22. The lowest BCUT2D eigenvalue weighted by Gasteiger charge is -2.08. The van der Waals surface area contributed by atoms with Crippen LogP contribution >= 0.6 is 0 Å². The molecule has 0 aromatic heterocycles. The third-order valence-electron chi connectivity index (χ3n) is 2.56. The Morgan fingerprint density at radius 2 is 1.56 bits per heavy atom. The molecule has 0 radical (unpaired) electrons. The molecule has 1 aliphatic carbocycles. The summed E-state index contributed by atoms with van der Waals surface area (Å²) in [5, 5.41) is 0. The quantitative estimate of drug-likeness (QED) is 0.444. The lowest BCUT2D eigenvalue weighted by Crippen LogP contribution is -2.15. The van der Waals surface area contributed by atoms with E-state index in [9.17, 15) is 26.3 Å². The van der Waals surface area contributed by atoms with Crippen molar-refractivity contribution < 1.29 is 26.3 Å². The van der Waals surface area contributed by atoms with E-state index in [2.05, 4.69) is 4.85 Å². The number of alkyl halides is 6. The Balaban J connectivity index is 2.86. The number of allylic oxidation sites excluding steroid dienone is 2. The lowest BCUT2D eigenvalue weighted by molar-refractivity contribution is -0.104. The van der Waals surface area contributed by atoms with E-state index in [-0.39, 0.29) is 6.04 Å². The summed E-state index contributed by atoms with van der Waals surface area (Å²) in [6, 6.07) is 1.18. The van der Waals surface area contributed by atoms with Gasteiger partial charge in [0.1, 0.15) is 0 Å². The largest absolute Gasteiger partial charge is 0.430 e. The minimum Gasteiger partial charge on any atom is -0.167 e. The smallest absolute Gasteiger partial charge is 0.167 e. The molecule has 0 aromatic rings. The van der Waals surface area contributed by atoms with Gasteiger partial charge in [-0.15, -0.1) is 0 Å². The second-order valence-corrected chi connectivity index (χ2v) is 4.13. The van der Waals surface area contributed by atoms with Gasteiger partial charge in [0, 0.05) is 18.9 Å². The van der Waals surface area contributed by atoms with Gasteiger partial charge in [-0.25, -0.2) is 0 Å². The number of nitrogens with zero attached hydrogens (tertiary/aromatic N) is 1. The van der Waals surface area contributed by atoms with Crippen LogP contribution < -0.4 is 0 Å². The number of hydrogen-bond acceptors (Lipinski definition) is 0. The molecule has 7 heteroatoms. The molecule has 0 amide bonds. The zero-order valence-electron chi connectivity index (χ0n) is 9.41. The molecule has 0 aliphatic heterocycles. The van der Waals surface area contributed by atoms with Crippen LogP contribution in [0.3, 0.4) is 0 Å². The summed E-state index contributed by atoms with van der Waals surface area (Å²) in [5.41, 5.74) is -1.87. The van der Waals surface area contributed by atoms with E-state index in [0.717, 1.165) is 19.3 Å². The Hall–Kier alpha value is -1.19. The summed E-state index contributed by atoms with van der Waals surface area (Å²) in [6.45, 7) is 0. The van der Waals surface area contributed by atoms with Crippen molar-refractivity contribution in [3.8, 4) is 6.07 Å². The molecule has 0 saturated heterocycles. The van der Waals surface area contributed by atoms with Crippen LogP contribution in [0, 0.1) is 6.07 Å². The van der Waals surface area contributed by atoms with Gasteiger partial charge in [-0.1, -0.05) is 11.3 Å². The highest BCUT2D eigenvalue weighted by atomic mass is 19.4. The van der Waals surface area contributed by atoms with E-state index in [1.165, 1.54) is 6.07 Å². The summed E-state index contributed by atoms with van der Waals surface area (Å²) in [6.07, 6.45) is -7.07. The van der Waals surface area contributed by atoms with Crippen LogP contribution in [0.4, 0.5) is 26.3 Å². The molecule has 0 aromatic carbocycles. The fourth-order valence-corrected chi connectivity index (χ4v) is 1.71. The molecule has 1 nitrogen and oxygen atoms in total. The molecular formula is C11H12F6N+. The number of halogens is 6. The predicted octanol–water partition coefficient (Wildman–Crippen LogP) is 4.70. The maximum Gasteiger partial charge on any atom is 0.430 e. The molecule has 1 saturated carbocycles. The third kappa shape index (κ3) is 5.43. The molecular weight excluding hydrogens is 260 g/mol. The lowest BCUT2D eigenvalue weighted by atomic mass is 9.96. The standard InChI is InChI=1S/C11H12F6N/c12-10(13,14)6-8(11(15,16)17)7-18-9-4-2-1-3-5-9/h6,9H,1-5H2/q+1. The molecule has 102 valence electrons. The Labute approximate surface area is 100 Å². The topological polar surface area (TPSA) is 4.36 Å². The number of rotatable bonds is 0. The molecule has 0 spiro atoms. The summed E-state index contributed by atoms with van der Waals surface area (Å²) in [7, 11) is 0. The van der Waals surface area contributed by atoms with E-state index in [4.69, 9.17) is 0 Å². The van der Waals surface area contributed by atoms with E-state index in [1.54, 1.807) is 0 Å². The molecule has 1 rings (SSSR count). The van der Waals surface area contributed by atoms with Gasteiger partial charge in [0.2, 0.25) is 0 Å². The van der Waals surface area contributed by atoms with Crippen LogP contribution in [0.2, 0.25) is 0 Å². The molecule has 0 bridgehead atoms. The average molecular weight is 272 g/mol. The van der Waals surface area contributed by atoms with Gasteiger partial charge in [0.15, 0.2) is 5.57 Å². The molecule has 0 heterocycles. The van der Waals surface area contributed by atoms with E-state index >= 15 is 0 Å². The monoisotopic (exact) mass is 272 g/mol. The van der Waals surface area contributed by atoms with E-state index < -0.39 is 24.0 Å². The molecule has 1 fully saturated rings. The Morgan fingerprint density at radius 3 is 2.00 bits per heavy atom.